The highest BCUT2D eigenvalue weighted by Crippen LogP contribution is 2.55. The highest BCUT2D eigenvalue weighted by Gasteiger charge is 2.53. The van der Waals surface area contributed by atoms with Crippen molar-refractivity contribution in [3.63, 3.8) is 0 Å². The van der Waals surface area contributed by atoms with Crippen LogP contribution in [0.15, 0.2) is 41.2 Å². The number of fused-ring (bicyclic) bond motifs is 4. The highest BCUT2D eigenvalue weighted by atomic mass is 16.3. The molecule has 1 aromatic heterocycles. The third-order valence-corrected chi connectivity index (χ3v) is 10.6. The van der Waals surface area contributed by atoms with Crippen molar-refractivity contribution in [2.75, 3.05) is 20.1 Å². The van der Waals surface area contributed by atoms with Crippen molar-refractivity contribution in [3.05, 3.63) is 63.6 Å². The van der Waals surface area contributed by atoms with Crippen molar-refractivity contribution in [2.45, 2.75) is 82.2 Å². The molecule has 2 aromatic rings. The topological polar surface area (TPSA) is 65.8 Å². The molecule has 1 aromatic carbocycles. The van der Waals surface area contributed by atoms with Crippen molar-refractivity contribution in [3.8, 4) is 5.75 Å². The quantitative estimate of drug-likeness (QED) is 0.637. The molecule has 6 heteroatoms. The molecule has 1 saturated heterocycles. The third kappa shape index (κ3) is 4.39. The zero-order chi connectivity index (χ0) is 26.6. The number of nitrogens with zero attached hydrogens (tertiary/aromatic N) is 3. The van der Waals surface area contributed by atoms with E-state index < -0.39 is 0 Å². The first kappa shape index (κ1) is 25.7. The van der Waals surface area contributed by atoms with Gasteiger partial charge in [-0.05, 0) is 105 Å². The summed E-state index contributed by atoms with van der Waals surface area (Å²) >= 11 is 0. The van der Waals surface area contributed by atoms with Gasteiger partial charge in [-0.3, -0.25) is 14.5 Å². The Morgan fingerprint density at radius 2 is 1.92 bits per heavy atom. The number of carbonyl (C=O) groups excluding carboxylic acids is 1. The van der Waals surface area contributed by atoms with Gasteiger partial charge in [0.15, 0.2) is 0 Å². The summed E-state index contributed by atoms with van der Waals surface area (Å²) in [4.78, 5) is 31.0. The Labute approximate surface area is 226 Å². The van der Waals surface area contributed by atoms with Crippen LogP contribution < -0.4 is 5.56 Å². The lowest BCUT2D eigenvalue weighted by Gasteiger charge is -2.54. The number of hydrogen-bond donors (Lipinski definition) is 1. The van der Waals surface area contributed by atoms with E-state index in [1.54, 1.807) is 19.2 Å². The molecule has 3 aliphatic carbocycles. The van der Waals surface area contributed by atoms with E-state index in [9.17, 15) is 14.7 Å². The van der Waals surface area contributed by atoms with Crippen LogP contribution in [0.5, 0.6) is 5.75 Å². The summed E-state index contributed by atoms with van der Waals surface area (Å²) in [6, 6.07) is 11.7. The van der Waals surface area contributed by atoms with E-state index in [1.807, 2.05) is 18.0 Å². The Bertz CT molecular complexity index is 1270. The van der Waals surface area contributed by atoms with Gasteiger partial charge in [0.2, 0.25) is 0 Å². The number of aromatic hydroxyl groups is 1. The second-order valence-electron chi connectivity index (χ2n) is 12.8. The largest absolute Gasteiger partial charge is 0.508 e. The molecule has 2 bridgehead atoms. The normalized spacial score (nSPS) is 31.3. The van der Waals surface area contributed by atoms with Crippen LogP contribution in [-0.4, -0.2) is 57.6 Å². The van der Waals surface area contributed by atoms with Crippen LogP contribution in [0.25, 0.3) is 0 Å². The second-order valence-corrected chi connectivity index (χ2v) is 12.8. The Hall–Kier alpha value is -2.60. The van der Waals surface area contributed by atoms with Crippen LogP contribution in [0.1, 0.15) is 79.9 Å². The molecule has 1 spiro atoms. The Morgan fingerprint density at radius 1 is 1.11 bits per heavy atom. The van der Waals surface area contributed by atoms with Gasteiger partial charge in [0.05, 0.1) is 0 Å². The van der Waals surface area contributed by atoms with E-state index in [0.717, 1.165) is 51.0 Å². The fourth-order valence-corrected chi connectivity index (χ4v) is 8.46. The molecule has 1 amide bonds. The zero-order valence-corrected chi connectivity index (χ0v) is 23.2. The third-order valence-electron chi connectivity index (χ3n) is 10.6. The SMILES string of the molecule is C[C@H]1CCC2Cc3ccc(O)cc3C3(CCCC(N(C)C(=O)c4cccc(=O)n4C)C13)CCN2CC1CC1. The molecule has 4 unspecified atom stereocenters. The first-order valence-corrected chi connectivity index (χ1v) is 14.8. The average Bonchev–Trinajstić information content (AvgIpc) is 3.72. The van der Waals surface area contributed by atoms with Crippen molar-refractivity contribution < 1.29 is 9.90 Å². The Morgan fingerprint density at radius 3 is 2.71 bits per heavy atom. The summed E-state index contributed by atoms with van der Waals surface area (Å²) < 4.78 is 1.48. The van der Waals surface area contributed by atoms with E-state index in [0.29, 0.717) is 29.3 Å². The minimum atomic E-state index is -0.157. The highest BCUT2D eigenvalue weighted by molar-refractivity contribution is 5.92. The predicted molar refractivity (Wildman–Crippen MR) is 149 cm³/mol. The number of phenols is 1. The number of pyridine rings is 1. The zero-order valence-electron chi connectivity index (χ0n) is 23.2. The summed E-state index contributed by atoms with van der Waals surface area (Å²) in [5.74, 6) is 1.89. The summed E-state index contributed by atoms with van der Waals surface area (Å²) in [5.41, 5.74) is 2.95. The minimum absolute atomic E-state index is 0.0719. The van der Waals surface area contributed by atoms with Gasteiger partial charge < -0.3 is 14.6 Å². The van der Waals surface area contributed by atoms with Crippen LogP contribution >= 0.6 is 0 Å². The lowest BCUT2D eigenvalue weighted by Crippen LogP contribution is -2.56. The van der Waals surface area contributed by atoms with E-state index >= 15 is 0 Å². The van der Waals surface area contributed by atoms with Gasteiger partial charge in [0.1, 0.15) is 11.4 Å². The minimum Gasteiger partial charge on any atom is -0.508 e. The number of hydrogen-bond acceptors (Lipinski definition) is 4. The number of aromatic nitrogens is 1. The maximum atomic E-state index is 13.9. The van der Waals surface area contributed by atoms with Gasteiger partial charge in [-0.15, -0.1) is 0 Å². The fourth-order valence-electron chi connectivity index (χ4n) is 8.46. The van der Waals surface area contributed by atoms with E-state index in [4.69, 9.17) is 0 Å². The van der Waals surface area contributed by atoms with Gasteiger partial charge in [0, 0.05) is 44.2 Å². The predicted octanol–water partition coefficient (Wildman–Crippen LogP) is 4.73. The summed E-state index contributed by atoms with van der Waals surface area (Å²) in [6.07, 6.45) is 10.3. The molecule has 5 aliphatic rings. The maximum Gasteiger partial charge on any atom is 0.270 e. The van der Waals surface area contributed by atoms with Crippen LogP contribution in [0.4, 0.5) is 0 Å². The van der Waals surface area contributed by atoms with Crippen molar-refractivity contribution in [2.24, 2.45) is 24.8 Å². The van der Waals surface area contributed by atoms with Crippen molar-refractivity contribution >= 4 is 5.91 Å². The number of benzene rings is 1. The van der Waals surface area contributed by atoms with Gasteiger partial charge in [0.25, 0.3) is 11.5 Å². The molecule has 5 atom stereocenters. The first-order chi connectivity index (χ1) is 18.3. The van der Waals surface area contributed by atoms with E-state index in [1.165, 1.54) is 47.6 Å². The van der Waals surface area contributed by atoms with Gasteiger partial charge in [-0.2, -0.15) is 0 Å². The molecule has 6 nitrogen and oxygen atoms in total. The van der Waals surface area contributed by atoms with Crippen LogP contribution in [0, 0.1) is 17.8 Å². The number of rotatable bonds is 4. The fraction of sp³-hybridized carbons (Fsp3) is 0.625. The van der Waals surface area contributed by atoms with Crippen LogP contribution in [-0.2, 0) is 18.9 Å². The van der Waals surface area contributed by atoms with Gasteiger partial charge >= 0.3 is 0 Å². The second kappa shape index (κ2) is 9.86. The Balaban J connectivity index is 1.45. The summed E-state index contributed by atoms with van der Waals surface area (Å²) in [5, 5.41) is 10.7. The molecular formula is C32H43N3O3. The molecular weight excluding hydrogens is 474 g/mol. The summed E-state index contributed by atoms with van der Waals surface area (Å²) in [7, 11) is 3.64. The van der Waals surface area contributed by atoms with Gasteiger partial charge in [-0.25, -0.2) is 0 Å². The Kier molecular flexibility index (Phi) is 6.66. The molecule has 3 fully saturated rings. The summed E-state index contributed by atoms with van der Waals surface area (Å²) in [6.45, 7) is 4.73. The van der Waals surface area contributed by atoms with E-state index in [-0.39, 0.29) is 22.9 Å². The maximum absolute atomic E-state index is 13.9. The molecule has 1 N–H and O–H groups in total. The van der Waals surface area contributed by atoms with Crippen LogP contribution in [0.3, 0.4) is 0 Å². The molecule has 38 heavy (non-hydrogen) atoms. The number of carbonyl (C=O) groups is 1. The average molecular weight is 518 g/mol. The van der Waals surface area contributed by atoms with Crippen molar-refractivity contribution in [1.29, 1.82) is 0 Å². The standard InChI is InChI=1S/C32H43N3O3/c1-21-9-13-24-18-23-12-14-25(36)19-26(23)32(16-17-35(24)20-22-10-11-22)15-5-7-27(30(21)32)34(3)31(38)28-6-4-8-29(37)33(28)2/h4,6,8,12,14,19,21-22,24,27,30,36H,5,7,9-11,13,15-18,20H2,1-3H3/t21-,24?,27?,30?,32?/m0/s1. The lowest BCUT2D eigenvalue weighted by atomic mass is 9.54. The number of amides is 1. The smallest absolute Gasteiger partial charge is 0.270 e. The van der Waals surface area contributed by atoms with Crippen molar-refractivity contribution in [1.82, 2.24) is 14.4 Å². The molecule has 2 saturated carbocycles. The number of phenolic OH excluding ortho intramolecular Hbond substituents is 1. The molecule has 0 radical (unpaired) electrons. The van der Waals surface area contributed by atoms with E-state index in [2.05, 4.69) is 24.0 Å². The lowest BCUT2D eigenvalue weighted by molar-refractivity contribution is 0.0157. The van der Waals surface area contributed by atoms with Crippen LogP contribution in [0.2, 0.25) is 0 Å². The molecule has 7 rings (SSSR count). The first-order valence-electron chi connectivity index (χ1n) is 14.8. The molecule has 3 heterocycles. The van der Waals surface area contributed by atoms with Gasteiger partial charge in [-0.1, -0.05) is 25.5 Å². The molecule has 2 aliphatic heterocycles. The molecule has 204 valence electrons. The monoisotopic (exact) mass is 517 g/mol.